The number of carbonyl (C=O) groups excluding carboxylic acids is 1. The van der Waals surface area contributed by atoms with Crippen LogP contribution in [0, 0.1) is 0 Å². The molecule has 1 aliphatic rings. The van der Waals surface area contributed by atoms with Gasteiger partial charge in [-0.15, -0.1) is 0 Å². The van der Waals surface area contributed by atoms with E-state index in [1.807, 2.05) is 0 Å². The van der Waals surface area contributed by atoms with Crippen LogP contribution in [0.25, 0.3) is 0 Å². The molecule has 1 aromatic carbocycles. The second-order valence-corrected chi connectivity index (χ2v) is 5.90. The summed E-state index contributed by atoms with van der Waals surface area (Å²) in [6, 6.07) is 4.70. The Morgan fingerprint density at radius 2 is 1.96 bits per heavy atom. The number of carbonyl (C=O) groups is 1. The van der Waals surface area contributed by atoms with Gasteiger partial charge >= 0.3 is 12.2 Å². The zero-order chi connectivity index (χ0) is 17.0. The average molecular weight is 330 g/mol. The maximum absolute atomic E-state index is 12.5. The first kappa shape index (κ1) is 17.6. The molecule has 1 atom stereocenters. The Balaban J connectivity index is 1.88. The number of aliphatic hydroxyl groups is 1. The predicted molar refractivity (Wildman–Crippen MR) is 80.0 cm³/mol. The van der Waals surface area contributed by atoms with Crippen LogP contribution in [0.1, 0.15) is 30.9 Å². The zero-order valence-corrected chi connectivity index (χ0v) is 12.9. The van der Waals surface area contributed by atoms with Crippen molar-refractivity contribution in [3.63, 3.8) is 0 Å². The van der Waals surface area contributed by atoms with Gasteiger partial charge in [-0.2, -0.15) is 13.2 Å². The number of rotatable bonds is 6. The highest BCUT2D eigenvalue weighted by molar-refractivity contribution is 5.75. The lowest BCUT2D eigenvalue weighted by atomic mass is 10.1. The highest BCUT2D eigenvalue weighted by Gasteiger charge is 2.32. The average Bonchev–Trinajstić information content (AvgIpc) is 3.28. The van der Waals surface area contributed by atoms with E-state index in [1.165, 1.54) is 12.1 Å². The maximum Gasteiger partial charge on any atom is 0.416 e. The molecule has 0 bridgehead atoms. The van der Waals surface area contributed by atoms with Crippen molar-refractivity contribution in [3.8, 4) is 0 Å². The summed E-state index contributed by atoms with van der Waals surface area (Å²) >= 11 is 0. The Morgan fingerprint density at radius 1 is 1.35 bits per heavy atom. The summed E-state index contributed by atoms with van der Waals surface area (Å²) in [6.07, 6.45) is -2.00. The van der Waals surface area contributed by atoms with Crippen molar-refractivity contribution in [2.45, 2.75) is 44.4 Å². The SMILES string of the molecule is CC(Cc1ccc(C(F)(F)F)cc1)NC(=O)N(CCO)C1CC1. The summed E-state index contributed by atoms with van der Waals surface area (Å²) < 4.78 is 37.5. The number of hydrogen-bond acceptors (Lipinski definition) is 2. The first-order chi connectivity index (χ1) is 10.8. The Labute approximate surface area is 133 Å². The summed E-state index contributed by atoms with van der Waals surface area (Å²) in [4.78, 5) is 13.8. The first-order valence-corrected chi connectivity index (χ1v) is 7.65. The third-order valence-corrected chi connectivity index (χ3v) is 3.78. The molecule has 1 unspecified atom stereocenters. The van der Waals surface area contributed by atoms with Crippen LogP contribution in [0.3, 0.4) is 0 Å². The summed E-state index contributed by atoms with van der Waals surface area (Å²) in [5.41, 5.74) is 0.0479. The molecule has 1 saturated carbocycles. The molecule has 0 spiro atoms. The van der Waals surface area contributed by atoms with Crippen LogP contribution >= 0.6 is 0 Å². The Morgan fingerprint density at radius 3 is 2.43 bits per heavy atom. The number of alkyl halides is 3. The maximum atomic E-state index is 12.5. The normalized spacial score (nSPS) is 16.0. The summed E-state index contributed by atoms with van der Waals surface area (Å²) in [5.74, 6) is 0. The molecule has 0 aromatic heterocycles. The molecule has 0 radical (unpaired) electrons. The molecule has 0 aliphatic heterocycles. The van der Waals surface area contributed by atoms with Crippen LogP contribution in [-0.2, 0) is 12.6 Å². The van der Waals surface area contributed by atoms with Gasteiger partial charge in [0.15, 0.2) is 0 Å². The number of nitrogens with zero attached hydrogens (tertiary/aromatic N) is 1. The summed E-state index contributed by atoms with van der Waals surface area (Å²) in [5, 5.41) is 11.8. The van der Waals surface area contributed by atoms with Crippen LogP contribution in [0.15, 0.2) is 24.3 Å². The predicted octanol–water partition coefficient (Wildman–Crippen LogP) is 2.80. The Kier molecular flexibility index (Phi) is 5.51. The molecule has 23 heavy (non-hydrogen) atoms. The van der Waals surface area contributed by atoms with E-state index in [0.29, 0.717) is 13.0 Å². The van der Waals surface area contributed by atoms with E-state index >= 15 is 0 Å². The molecule has 1 aliphatic carbocycles. The van der Waals surface area contributed by atoms with Crippen molar-refractivity contribution in [3.05, 3.63) is 35.4 Å². The second-order valence-electron chi connectivity index (χ2n) is 5.90. The van der Waals surface area contributed by atoms with Crippen LogP contribution in [-0.4, -0.2) is 41.3 Å². The molecule has 1 fully saturated rings. The highest BCUT2D eigenvalue weighted by Crippen LogP contribution is 2.29. The molecule has 128 valence electrons. The molecule has 2 N–H and O–H groups in total. The molecule has 0 saturated heterocycles. The Hall–Kier alpha value is -1.76. The van der Waals surface area contributed by atoms with E-state index in [1.54, 1.807) is 11.8 Å². The third kappa shape index (κ3) is 5.13. The van der Waals surface area contributed by atoms with Gasteiger partial charge in [0.2, 0.25) is 0 Å². The quantitative estimate of drug-likeness (QED) is 0.843. The van der Waals surface area contributed by atoms with Crippen LogP contribution < -0.4 is 5.32 Å². The lowest BCUT2D eigenvalue weighted by molar-refractivity contribution is -0.137. The van der Waals surface area contributed by atoms with E-state index in [2.05, 4.69) is 5.32 Å². The number of halogens is 3. The van der Waals surface area contributed by atoms with Gasteiger partial charge < -0.3 is 15.3 Å². The van der Waals surface area contributed by atoms with E-state index in [4.69, 9.17) is 5.11 Å². The van der Waals surface area contributed by atoms with Crippen LogP contribution in [0.4, 0.5) is 18.0 Å². The summed E-state index contributed by atoms with van der Waals surface area (Å²) in [6.45, 7) is 2.01. The second kappa shape index (κ2) is 7.21. The van der Waals surface area contributed by atoms with E-state index in [9.17, 15) is 18.0 Å². The van der Waals surface area contributed by atoms with Gasteiger partial charge in [-0.25, -0.2) is 4.79 Å². The van der Waals surface area contributed by atoms with Gasteiger partial charge in [0.25, 0.3) is 0 Å². The molecular formula is C16H21F3N2O2. The number of nitrogens with one attached hydrogen (secondary N) is 1. The fourth-order valence-electron chi connectivity index (χ4n) is 2.47. The fourth-order valence-corrected chi connectivity index (χ4v) is 2.47. The molecule has 7 heteroatoms. The molecule has 0 heterocycles. The highest BCUT2D eigenvalue weighted by atomic mass is 19.4. The van der Waals surface area contributed by atoms with Crippen molar-refractivity contribution in [1.29, 1.82) is 0 Å². The number of aliphatic hydroxyl groups excluding tert-OH is 1. The number of hydrogen-bond donors (Lipinski definition) is 2. The minimum atomic E-state index is -4.34. The van der Waals surface area contributed by atoms with Gasteiger partial charge in [-0.3, -0.25) is 0 Å². The first-order valence-electron chi connectivity index (χ1n) is 7.65. The van der Waals surface area contributed by atoms with Gasteiger partial charge in [0, 0.05) is 18.6 Å². The van der Waals surface area contributed by atoms with E-state index in [0.717, 1.165) is 30.5 Å². The number of urea groups is 1. The molecular weight excluding hydrogens is 309 g/mol. The molecule has 1 aromatic rings. The van der Waals surface area contributed by atoms with Gasteiger partial charge in [-0.05, 0) is 43.9 Å². The van der Waals surface area contributed by atoms with Crippen molar-refractivity contribution < 1.29 is 23.1 Å². The standard InChI is InChI=1S/C16H21F3N2O2/c1-11(20-15(23)21(8-9-22)14-6-7-14)10-12-2-4-13(5-3-12)16(17,18)19/h2-5,11,14,22H,6-10H2,1H3,(H,20,23). The van der Waals surface area contributed by atoms with Crippen molar-refractivity contribution in [2.24, 2.45) is 0 Å². The van der Waals surface area contributed by atoms with Crippen LogP contribution in [0.5, 0.6) is 0 Å². The number of amides is 2. The lowest BCUT2D eigenvalue weighted by Gasteiger charge is -2.24. The minimum absolute atomic E-state index is 0.0861. The molecule has 4 nitrogen and oxygen atoms in total. The lowest BCUT2D eigenvalue weighted by Crippen LogP contribution is -2.46. The van der Waals surface area contributed by atoms with Gasteiger partial charge in [0.1, 0.15) is 0 Å². The smallest absolute Gasteiger partial charge is 0.395 e. The topological polar surface area (TPSA) is 52.6 Å². The van der Waals surface area contributed by atoms with Crippen molar-refractivity contribution in [1.82, 2.24) is 10.2 Å². The van der Waals surface area contributed by atoms with Gasteiger partial charge in [-0.1, -0.05) is 12.1 Å². The molecule has 2 rings (SSSR count). The third-order valence-electron chi connectivity index (χ3n) is 3.78. The monoisotopic (exact) mass is 330 g/mol. The van der Waals surface area contributed by atoms with E-state index in [-0.39, 0.29) is 24.7 Å². The largest absolute Gasteiger partial charge is 0.416 e. The van der Waals surface area contributed by atoms with Gasteiger partial charge in [0.05, 0.1) is 12.2 Å². The number of benzene rings is 1. The minimum Gasteiger partial charge on any atom is -0.395 e. The van der Waals surface area contributed by atoms with Crippen molar-refractivity contribution >= 4 is 6.03 Å². The fraction of sp³-hybridized carbons (Fsp3) is 0.562. The Bertz CT molecular complexity index is 527. The molecule has 2 amide bonds. The zero-order valence-electron chi connectivity index (χ0n) is 12.9. The van der Waals surface area contributed by atoms with Crippen molar-refractivity contribution in [2.75, 3.05) is 13.2 Å². The summed E-state index contributed by atoms with van der Waals surface area (Å²) in [7, 11) is 0. The van der Waals surface area contributed by atoms with E-state index < -0.39 is 11.7 Å². The van der Waals surface area contributed by atoms with Crippen LogP contribution in [0.2, 0.25) is 0 Å².